The van der Waals surface area contributed by atoms with Crippen molar-refractivity contribution < 1.29 is 4.39 Å². The molecule has 0 saturated carbocycles. The maximum atomic E-state index is 13.2. The Kier molecular flexibility index (Phi) is 2.84. The lowest BCUT2D eigenvalue weighted by molar-refractivity contribution is 0.572. The van der Waals surface area contributed by atoms with Crippen LogP contribution in [0.15, 0.2) is 49.2 Å². The van der Waals surface area contributed by atoms with E-state index < -0.39 is 0 Å². The first-order valence-electron chi connectivity index (χ1n) is 6.03. The average molecular weight is 243 g/mol. The summed E-state index contributed by atoms with van der Waals surface area (Å²) in [5.41, 5.74) is 0.959. The van der Waals surface area contributed by atoms with Gasteiger partial charge in [0.2, 0.25) is 0 Å². The highest BCUT2D eigenvalue weighted by Crippen LogP contribution is 2.17. The van der Waals surface area contributed by atoms with Crippen molar-refractivity contribution in [1.82, 2.24) is 14.1 Å². The van der Waals surface area contributed by atoms with Crippen LogP contribution < -0.4 is 0 Å². The molecule has 1 aromatic carbocycles. The first-order valence-corrected chi connectivity index (χ1v) is 6.03. The van der Waals surface area contributed by atoms with Crippen molar-refractivity contribution >= 4 is 10.9 Å². The molecule has 0 saturated heterocycles. The van der Waals surface area contributed by atoms with Gasteiger partial charge in [-0.1, -0.05) is 0 Å². The fourth-order valence-electron chi connectivity index (χ4n) is 2.19. The van der Waals surface area contributed by atoms with E-state index in [-0.39, 0.29) is 5.82 Å². The summed E-state index contributed by atoms with van der Waals surface area (Å²) in [5, 5.41) is 1.08. The van der Waals surface area contributed by atoms with Crippen molar-refractivity contribution in [2.75, 3.05) is 0 Å². The number of nitrogens with zero attached hydrogens (tertiary/aromatic N) is 3. The van der Waals surface area contributed by atoms with Crippen LogP contribution in [-0.4, -0.2) is 14.1 Å². The quantitative estimate of drug-likeness (QED) is 0.690. The fraction of sp³-hybridized carbons (Fsp3) is 0.214. The molecule has 0 N–H and O–H groups in total. The molecule has 3 rings (SSSR count). The summed E-state index contributed by atoms with van der Waals surface area (Å²) in [5.74, 6) is -0.183. The van der Waals surface area contributed by atoms with Gasteiger partial charge in [0.15, 0.2) is 0 Å². The van der Waals surface area contributed by atoms with Crippen LogP contribution in [-0.2, 0) is 13.1 Å². The summed E-state index contributed by atoms with van der Waals surface area (Å²) in [7, 11) is 0. The smallest absolute Gasteiger partial charge is 0.125 e. The second kappa shape index (κ2) is 4.64. The van der Waals surface area contributed by atoms with Gasteiger partial charge >= 0.3 is 0 Å². The number of hydrogen-bond acceptors (Lipinski definition) is 1. The van der Waals surface area contributed by atoms with Crippen molar-refractivity contribution in [3.63, 3.8) is 0 Å². The Hall–Kier alpha value is -2.10. The number of rotatable bonds is 4. The summed E-state index contributed by atoms with van der Waals surface area (Å²) in [6.07, 6.45) is 8.55. The largest absolute Gasteiger partial charge is 0.347 e. The third-order valence-electron chi connectivity index (χ3n) is 3.11. The van der Waals surface area contributed by atoms with Crippen LogP contribution in [0.1, 0.15) is 6.42 Å². The molecule has 0 unspecified atom stereocenters. The van der Waals surface area contributed by atoms with E-state index in [0.717, 1.165) is 30.4 Å². The van der Waals surface area contributed by atoms with E-state index in [1.54, 1.807) is 12.3 Å². The van der Waals surface area contributed by atoms with Crippen molar-refractivity contribution in [3.05, 3.63) is 55.0 Å². The number of hydrogen-bond donors (Lipinski definition) is 0. The van der Waals surface area contributed by atoms with Crippen LogP contribution in [0.3, 0.4) is 0 Å². The van der Waals surface area contributed by atoms with E-state index in [1.165, 1.54) is 6.07 Å². The van der Waals surface area contributed by atoms with Crippen LogP contribution in [0.2, 0.25) is 0 Å². The molecule has 0 bridgehead atoms. The molecular weight excluding hydrogens is 229 g/mol. The highest BCUT2D eigenvalue weighted by atomic mass is 19.1. The van der Waals surface area contributed by atoms with Gasteiger partial charge in [-0.25, -0.2) is 9.37 Å². The van der Waals surface area contributed by atoms with Crippen LogP contribution in [0.25, 0.3) is 10.9 Å². The Morgan fingerprint density at radius 2 is 2.06 bits per heavy atom. The molecule has 4 heteroatoms. The third-order valence-corrected chi connectivity index (χ3v) is 3.11. The van der Waals surface area contributed by atoms with Crippen molar-refractivity contribution in [2.45, 2.75) is 19.5 Å². The molecule has 0 aliphatic carbocycles. The van der Waals surface area contributed by atoms with Crippen LogP contribution >= 0.6 is 0 Å². The molecule has 2 heterocycles. The standard InChI is InChI=1S/C14H14FN3/c15-13-3-2-12-4-8-18(14(12)10-13)7-1-6-17-9-5-16-11-17/h2-5,8-11H,1,6-7H2. The van der Waals surface area contributed by atoms with E-state index >= 15 is 0 Å². The monoisotopic (exact) mass is 243 g/mol. The zero-order chi connectivity index (χ0) is 12.4. The Balaban J connectivity index is 1.72. The molecule has 0 aliphatic rings. The number of fused-ring (bicyclic) bond motifs is 1. The third kappa shape index (κ3) is 2.14. The van der Waals surface area contributed by atoms with Crippen molar-refractivity contribution in [3.8, 4) is 0 Å². The number of aromatic nitrogens is 3. The molecule has 0 radical (unpaired) electrons. The number of halogens is 1. The maximum absolute atomic E-state index is 13.2. The van der Waals surface area contributed by atoms with E-state index in [2.05, 4.69) is 9.55 Å². The number of aryl methyl sites for hydroxylation is 2. The lowest BCUT2D eigenvalue weighted by atomic mass is 10.2. The molecule has 18 heavy (non-hydrogen) atoms. The summed E-state index contributed by atoms with van der Waals surface area (Å²) in [6.45, 7) is 1.81. The van der Waals surface area contributed by atoms with Crippen LogP contribution in [0.5, 0.6) is 0 Å². The second-order valence-corrected chi connectivity index (χ2v) is 4.37. The number of imidazole rings is 1. The Morgan fingerprint density at radius 3 is 2.89 bits per heavy atom. The minimum atomic E-state index is -0.183. The molecule has 0 atom stereocenters. The second-order valence-electron chi connectivity index (χ2n) is 4.37. The van der Waals surface area contributed by atoms with E-state index in [0.29, 0.717) is 0 Å². The predicted molar refractivity (Wildman–Crippen MR) is 68.7 cm³/mol. The van der Waals surface area contributed by atoms with Gasteiger partial charge in [0.05, 0.1) is 11.8 Å². The fourth-order valence-corrected chi connectivity index (χ4v) is 2.19. The lowest BCUT2D eigenvalue weighted by Gasteiger charge is -2.06. The zero-order valence-corrected chi connectivity index (χ0v) is 9.96. The molecule has 0 amide bonds. The Labute approximate surface area is 104 Å². The molecule has 0 aliphatic heterocycles. The van der Waals surface area contributed by atoms with E-state index in [9.17, 15) is 4.39 Å². The summed E-state index contributed by atoms with van der Waals surface area (Å²) >= 11 is 0. The Morgan fingerprint density at radius 1 is 1.11 bits per heavy atom. The average Bonchev–Trinajstić information content (AvgIpc) is 2.99. The first kappa shape index (κ1) is 11.0. The minimum absolute atomic E-state index is 0.183. The SMILES string of the molecule is Fc1ccc2ccn(CCCn3ccnc3)c2c1. The van der Waals surface area contributed by atoms with Gasteiger partial charge in [0, 0.05) is 31.7 Å². The lowest BCUT2D eigenvalue weighted by Crippen LogP contribution is -2.01. The molecule has 0 fully saturated rings. The Bertz CT molecular complexity index is 640. The summed E-state index contributed by atoms with van der Waals surface area (Å²) < 4.78 is 17.4. The predicted octanol–water partition coefficient (Wildman–Crippen LogP) is 3.07. The maximum Gasteiger partial charge on any atom is 0.125 e. The van der Waals surface area contributed by atoms with E-state index in [1.807, 2.05) is 35.4 Å². The van der Waals surface area contributed by atoms with Gasteiger partial charge in [-0.3, -0.25) is 0 Å². The van der Waals surface area contributed by atoms with Gasteiger partial charge in [-0.05, 0) is 36.1 Å². The summed E-state index contributed by atoms with van der Waals surface area (Å²) in [6, 6.07) is 6.92. The topological polar surface area (TPSA) is 22.8 Å². The van der Waals surface area contributed by atoms with Gasteiger partial charge in [-0.15, -0.1) is 0 Å². The molecule has 2 aromatic heterocycles. The first-order chi connectivity index (χ1) is 8.83. The molecule has 92 valence electrons. The summed E-state index contributed by atoms with van der Waals surface area (Å²) in [4.78, 5) is 4.01. The van der Waals surface area contributed by atoms with Gasteiger partial charge in [0.1, 0.15) is 5.82 Å². The molecule has 0 spiro atoms. The molecule has 3 aromatic rings. The highest BCUT2D eigenvalue weighted by molar-refractivity contribution is 5.80. The van der Waals surface area contributed by atoms with Crippen molar-refractivity contribution in [2.24, 2.45) is 0 Å². The van der Waals surface area contributed by atoms with Gasteiger partial charge < -0.3 is 9.13 Å². The molecule has 3 nitrogen and oxygen atoms in total. The van der Waals surface area contributed by atoms with Crippen LogP contribution in [0, 0.1) is 5.82 Å². The van der Waals surface area contributed by atoms with Gasteiger partial charge in [0.25, 0.3) is 0 Å². The van der Waals surface area contributed by atoms with Crippen LogP contribution in [0.4, 0.5) is 4.39 Å². The van der Waals surface area contributed by atoms with Gasteiger partial charge in [-0.2, -0.15) is 0 Å². The normalized spacial score (nSPS) is 11.2. The molecular formula is C14H14FN3. The van der Waals surface area contributed by atoms with E-state index in [4.69, 9.17) is 0 Å². The van der Waals surface area contributed by atoms with Crippen molar-refractivity contribution in [1.29, 1.82) is 0 Å². The minimum Gasteiger partial charge on any atom is -0.347 e. The highest BCUT2D eigenvalue weighted by Gasteiger charge is 2.02. The number of benzene rings is 1. The zero-order valence-electron chi connectivity index (χ0n) is 9.96.